The molecule has 1 N–H and O–H groups in total. The lowest BCUT2D eigenvalue weighted by Gasteiger charge is -2.31. The minimum atomic E-state index is -3.80. The molecule has 1 aliphatic heterocycles. The Balaban J connectivity index is 1.40. The van der Waals surface area contributed by atoms with E-state index in [0.717, 1.165) is 5.39 Å². The average molecular weight is 505 g/mol. The third-order valence-corrected chi connectivity index (χ3v) is 8.85. The van der Waals surface area contributed by atoms with Crippen LogP contribution in [0.4, 0.5) is 5.69 Å². The molecule has 1 unspecified atom stereocenters. The molecule has 1 aliphatic rings. The van der Waals surface area contributed by atoms with E-state index in [9.17, 15) is 18.0 Å². The summed E-state index contributed by atoms with van der Waals surface area (Å²) in [5.41, 5.74) is 1.19. The van der Waals surface area contributed by atoms with Crippen molar-refractivity contribution in [1.82, 2.24) is 13.7 Å². The van der Waals surface area contributed by atoms with Crippen LogP contribution >= 0.6 is 0 Å². The van der Waals surface area contributed by atoms with E-state index in [1.165, 1.54) is 8.99 Å². The van der Waals surface area contributed by atoms with Crippen LogP contribution < -0.4 is 10.9 Å². The molecule has 0 saturated carbocycles. The molecule has 1 aromatic heterocycles. The molecule has 0 radical (unpaired) electrons. The number of nitrogens with one attached hydrogen (secondary N) is 1. The fraction of sp³-hybridized carbons (Fsp3) is 0.259. The van der Waals surface area contributed by atoms with Crippen LogP contribution in [0.15, 0.2) is 82.5 Å². The van der Waals surface area contributed by atoms with E-state index in [0.29, 0.717) is 36.2 Å². The van der Waals surface area contributed by atoms with Crippen molar-refractivity contribution >= 4 is 32.4 Å². The first-order valence-corrected chi connectivity index (χ1v) is 13.4. The number of anilines is 1. The molecule has 0 aliphatic carbocycles. The van der Waals surface area contributed by atoms with Crippen molar-refractivity contribution in [1.29, 1.82) is 0 Å². The smallest absolute Gasteiger partial charge is 0.295 e. The molecule has 3 aromatic carbocycles. The van der Waals surface area contributed by atoms with E-state index in [4.69, 9.17) is 0 Å². The van der Waals surface area contributed by atoms with E-state index < -0.39 is 15.9 Å². The molecule has 2 heterocycles. The van der Waals surface area contributed by atoms with Crippen LogP contribution in [0.2, 0.25) is 0 Å². The summed E-state index contributed by atoms with van der Waals surface area (Å²) in [6, 6.07) is 21.8. The Morgan fingerprint density at radius 1 is 0.972 bits per heavy atom. The molecule has 1 amide bonds. The second kappa shape index (κ2) is 9.40. The van der Waals surface area contributed by atoms with E-state index in [2.05, 4.69) is 5.32 Å². The number of sulfonamides is 1. The van der Waals surface area contributed by atoms with Crippen LogP contribution in [0.25, 0.3) is 16.5 Å². The monoisotopic (exact) mass is 504 g/mol. The number of aromatic nitrogens is 2. The van der Waals surface area contributed by atoms with Crippen molar-refractivity contribution in [2.45, 2.75) is 24.7 Å². The van der Waals surface area contributed by atoms with Crippen molar-refractivity contribution in [2.24, 2.45) is 13.0 Å². The summed E-state index contributed by atoms with van der Waals surface area (Å²) < 4.78 is 31.8. The molecule has 0 spiro atoms. The summed E-state index contributed by atoms with van der Waals surface area (Å²) in [7, 11) is -2.04. The minimum absolute atomic E-state index is 0.0656. The molecule has 1 saturated heterocycles. The van der Waals surface area contributed by atoms with Gasteiger partial charge in [0.05, 0.1) is 22.2 Å². The molecule has 186 valence electrons. The Bertz CT molecular complexity index is 1600. The van der Waals surface area contributed by atoms with Gasteiger partial charge in [0.25, 0.3) is 5.56 Å². The number of amides is 1. The second-order valence-electron chi connectivity index (χ2n) is 9.11. The maximum Gasteiger partial charge on any atom is 0.295 e. The Morgan fingerprint density at radius 3 is 2.44 bits per heavy atom. The molecule has 0 bridgehead atoms. The molecule has 36 heavy (non-hydrogen) atoms. The van der Waals surface area contributed by atoms with Crippen LogP contribution in [-0.2, 0) is 21.9 Å². The Morgan fingerprint density at radius 2 is 1.67 bits per heavy atom. The first kappa shape index (κ1) is 24.0. The number of para-hydroxylation sites is 1. The minimum Gasteiger partial charge on any atom is -0.320 e. The Kier molecular flexibility index (Phi) is 6.27. The van der Waals surface area contributed by atoms with Crippen LogP contribution in [0.3, 0.4) is 0 Å². The first-order chi connectivity index (χ1) is 17.3. The van der Waals surface area contributed by atoms with Gasteiger partial charge in [-0.3, -0.25) is 14.3 Å². The van der Waals surface area contributed by atoms with Gasteiger partial charge in [-0.1, -0.05) is 54.6 Å². The maximum absolute atomic E-state index is 13.6. The number of carbonyl (C=O) groups is 1. The molecule has 5 rings (SSSR count). The SMILES string of the molecule is Cc1c(NC(=O)C2CCCN(S(=O)(=O)c3cccc4ccccc34)C2)c(=O)n(-c2ccccc2)n1C. The highest BCUT2D eigenvalue weighted by Gasteiger charge is 2.34. The topological polar surface area (TPSA) is 93.4 Å². The van der Waals surface area contributed by atoms with Gasteiger partial charge in [-0.15, -0.1) is 0 Å². The number of rotatable bonds is 5. The normalized spacial score (nSPS) is 16.8. The second-order valence-corrected chi connectivity index (χ2v) is 11.0. The van der Waals surface area contributed by atoms with Crippen LogP contribution in [-0.4, -0.2) is 41.1 Å². The molecular formula is C27H28N4O4S. The standard InChI is InChI=1S/C27H28N4O4S/c1-19-25(27(33)31(29(19)2)22-13-4-3-5-14-22)28-26(32)21-12-9-17-30(18-21)36(34,35)24-16-8-11-20-10-6-7-15-23(20)24/h3-8,10-11,13-16,21H,9,12,17-18H2,1-2H3,(H,28,32). The quantitative estimate of drug-likeness (QED) is 0.449. The van der Waals surface area contributed by atoms with Crippen molar-refractivity contribution in [3.8, 4) is 5.69 Å². The predicted octanol–water partition coefficient (Wildman–Crippen LogP) is 3.68. The Labute approximate surface area is 209 Å². The summed E-state index contributed by atoms with van der Waals surface area (Å²) in [4.78, 5) is 26.7. The fourth-order valence-corrected chi connectivity index (χ4v) is 6.61. The van der Waals surface area contributed by atoms with Gasteiger partial charge in [0.2, 0.25) is 15.9 Å². The number of carbonyl (C=O) groups excluding carboxylic acids is 1. The van der Waals surface area contributed by atoms with E-state index in [1.54, 1.807) is 36.9 Å². The van der Waals surface area contributed by atoms with Crippen molar-refractivity contribution in [3.05, 3.63) is 88.8 Å². The Hall–Kier alpha value is -3.69. The van der Waals surface area contributed by atoms with Crippen molar-refractivity contribution < 1.29 is 13.2 Å². The zero-order chi connectivity index (χ0) is 25.4. The van der Waals surface area contributed by atoms with Gasteiger partial charge in [-0.25, -0.2) is 13.1 Å². The third kappa shape index (κ3) is 4.14. The van der Waals surface area contributed by atoms with Gasteiger partial charge >= 0.3 is 0 Å². The highest BCUT2D eigenvalue weighted by Crippen LogP contribution is 2.29. The van der Waals surface area contributed by atoms with Crippen molar-refractivity contribution in [3.63, 3.8) is 0 Å². The molecule has 1 fully saturated rings. The van der Waals surface area contributed by atoms with E-state index >= 15 is 0 Å². The average Bonchev–Trinajstić information content (AvgIpc) is 3.11. The number of hydrogen-bond acceptors (Lipinski definition) is 4. The highest BCUT2D eigenvalue weighted by atomic mass is 32.2. The maximum atomic E-state index is 13.6. The zero-order valence-electron chi connectivity index (χ0n) is 20.2. The van der Waals surface area contributed by atoms with Gasteiger partial charge in [-0.2, -0.15) is 4.31 Å². The summed E-state index contributed by atoms with van der Waals surface area (Å²) in [6.07, 6.45) is 1.11. The first-order valence-electron chi connectivity index (χ1n) is 11.9. The van der Waals surface area contributed by atoms with Gasteiger partial charge in [-0.05, 0) is 43.4 Å². The lowest BCUT2D eigenvalue weighted by Crippen LogP contribution is -2.44. The van der Waals surface area contributed by atoms with Crippen molar-refractivity contribution in [2.75, 3.05) is 18.4 Å². The number of benzene rings is 3. The lowest BCUT2D eigenvalue weighted by molar-refractivity contribution is -0.120. The number of piperidine rings is 1. The summed E-state index contributed by atoms with van der Waals surface area (Å²) in [6.45, 7) is 2.19. The van der Waals surface area contributed by atoms with Crippen LogP contribution in [0.5, 0.6) is 0 Å². The molecular weight excluding hydrogens is 476 g/mol. The van der Waals surface area contributed by atoms with Crippen LogP contribution in [0.1, 0.15) is 18.5 Å². The predicted molar refractivity (Wildman–Crippen MR) is 140 cm³/mol. The van der Waals surface area contributed by atoms with Gasteiger partial charge in [0, 0.05) is 25.5 Å². The van der Waals surface area contributed by atoms with Crippen LogP contribution in [0, 0.1) is 12.8 Å². The van der Waals surface area contributed by atoms with Gasteiger partial charge in [0.1, 0.15) is 5.69 Å². The molecule has 1 atom stereocenters. The lowest BCUT2D eigenvalue weighted by atomic mass is 9.99. The molecule has 4 aromatic rings. The number of nitrogens with zero attached hydrogens (tertiary/aromatic N) is 3. The van der Waals surface area contributed by atoms with Gasteiger partial charge in [0.15, 0.2) is 0 Å². The molecule has 9 heteroatoms. The van der Waals surface area contributed by atoms with E-state index in [-0.39, 0.29) is 28.6 Å². The van der Waals surface area contributed by atoms with E-state index in [1.807, 2.05) is 54.6 Å². The van der Waals surface area contributed by atoms with Gasteiger partial charge < -0.3 is 5.32 Å². The fourth-order valence-electron chi connectivity index (χ4n) is 4.87. The summed E-state index contributed by atoms with van der Waals surface area (Å²) in [5, 5.41) is 4.31. The number of hydrogen-bond donors (Lipinski definition) is 1. The number of fused-ring (bicyclic) bond motifs is 1. The highest BCUT2D eigenvalue weighted by molar-refractivity contribution is 7.89. The zero-order valence-corrected chi connectivity index (χ0v) is 21.0. The molecule has 8 nitrogen and oxygen atoms in total. The summed E-state index contributed by atoms with van der Waals surface area (Å²) in [5.74, 6) is -0.911. The summed E-state index contributed by atoms with van der Waals surface area (Å²) >= 11 is 0. The largest absolute Gasteiger partial charge is 0.320 e. The third-order valence-electron chi connectivity index (χ3n) is 6.92.